The van der Waals surface area contributed by atoms with Crippen molar-refractivity contribution in [3.05, 3.63) is 53.6 Å². The number of phenolic OH excluding ortho intramolecular Hbond substituents is 1. The second-order valence-electron chi connectivity index (χ2n) is 8.34. The zero-order valence-corrected chi connectivity index (χ0v) is 19.3. The zero-order valence-electron chi connectivity index (χ0n) is 19.3. The molecule has 2 aliphatic heterocycles. The van der Waals surface area contributed by atoms with Crippen molar-refractivity contribution in [2.24, 2.45) is 0 Å². The molecule has 0 unspecified atom stereocenters. The van der Waals surface area contributed by atoms with Crippen LogP contribution in [0.4, 0.5) is 30.9 Å². The van der Waals surface area contributed by atoms with Gasteiger partial charge in [0.2, 0.25) is 5.95 Å². The molecule has 194 valence electrons. The number of aromatic hydroxyl groups is 1. The number of phenols is 1. The summed E-state index contributed by atoms with van der Waals surface area (Å²) in [5, 5.41) is 21.7. The normalized spacial score (nSPS) is 18.2. The van der Waals surface area contributed by atoms with Gasteiger partial charge in [0.05, 0.1) is 37.5 Å². The van der Waals surface area contributed by atoms with Gasteiger partial charge in [0.1, 0.15) is 17.5 Å². The van der Waals surface area contributed by atoms with Crippen LogP contribution in [-0.4, -0.2) is 81.3 Å². The van der Waals surface area contributed by atoms with Crippen LogP contribution in [0.5, 0.6) is 5.75 Å². The molecule has 2 fully saturated rings. The molecule has 15 heteroatoms. The SMILES string of the molecule is Nc1nnnn1C[C@H]1CN(c2cc(F)c(N3CCON(C(=O)c4ccccc4O)CC3)c(F)c2)C(=O)O1. The van der Waals surface area contributed by atoms with Gasteiger partial charge in [0.15, 0.2) is 11.6 Å². The number of nitrogens with two attached hydrogens (primary N) is 1. The number of nitrogens with zero attached hydrogens (tertiary/aromatic N) is 7. The topological polar surface area (TPSA) is 152 Å². The monoisotopic (exact) mass is 516 g/mol. The number of benzene rings is 2. The van der Waals surface area contributed by atoms with Gasteiger partial charge in [-0.1, -0.05) is 17.2 Å². The number of aromatic nitrogens is 4. The van der Waals surface area contributed by atoms with Gasteiger partial charge in [-0.05, 0) is 22.6 Å². The lowest BCUT2D eigenvalue weighted by atomic mass is 10.2. The summed E-state index contributed by atoms with van der Waals surface area (Å²) >= 11 is 0. The number of anilines is 3. The Morgan fingerprint density at radius 2 is 1.92 bits per heavy atom. The van der Waals surface area contributed by atoms with Crippen molar-refractivity contribution in [2.45, 2.75) is 12.6 Å². The molecule has 1 aromatic heterocycles. The lowest BCUT2D eigenvalue weighted by Gasteiger charge is -2.24. The molecule has 2 aromatic carbocycles. The van der Waals surface area contributed by atoms with E-state index >= 15 is 8.78 Å². The van der Waals surface area contributed by atoms with E-state index in [0.29, 0.717) is 0 Å². The number of hydroxylamine groups is 2. The van der Waals surface area contributed by atoms with E-state index in [9.17, 15) is 14.7 Å². The fourth-order valence-electron chi connectivity index (χ4n) is 4.19. The van der Waals surface area contributed by atoms with Gasteiger partial charge in [0.25, 0.3) is 5.91 Å². The van der Waals surface area contributed by atoms with Crippen molar-refractivity contribution in [1.82, 2.24) is 25.3 Å². The van der Waals surface area contributed by atoms with Crippen molar-refractivity contribution in [1.29, 1.82) is 0 Å². The summed E-state index contributed by atoms with van der Waals surface area (Å²) in [6, 6.07) is 8.10. The maximum absolute atomic E-state index is 15.2. The summed E-state index contributed by atoms with van der Waals surface area (Å²) in [6.07, 6.45) is -1.45. The predicted molar refractivity (Wildman–Crippen MR) is 124 cm³/mol. The van der Waals surface area contributed by atoms with Crippen LogP contribution in [-0.2, 0) is 16.1 Å². The Balaban J connectivity index is 1.28. The van der Waals surface area contributed by atoms with Gasteiger partial charge in [-0.2, -0.15) is 0 Å². The Hall–Kier alpha value is -4.53. The van der Waals surface area contributed by atoms with E-state index in [1.54, 1.807) is 12.1 Å². The number of carbonyl (C=O) groups excluding carboxylic acids is 2. The van der Waals surface area contributed by atoms with Crippen molar-refractivity contribution >= 4 is 29.3 Å². The largest absolute Gasteiger partial charge is 0.507 e. The Kier molecular flexibility index (Phi) is 6.43. The molecule has 37 heavy (non-hydrogen) atoms. The number of para-hydroxylation sites is 1. The number of hydrogen-bond donors (Lipinski definition) is 2. The third kappa shape index (κ3) is 4.80. The minimum Gasteiger partial charge on any atom is -0.507 e. The number of hydrogen-bond acceptors (Lipinski definition) is 10. The average molecular weight is 516 g/mol. The Morgan fingerprint density at radius 1 is 1.16 bits per heavy atom. The standard InChI is InChI=1S/C22H22F2N8O5/c23-16-9-13(30-11-14(37-22(30)35)12-31-21(25)26-27-28-31)10-17(24)19(16)29-5-6-32(36-8-7-29)20(34)15-3-1-2-4-18(15)33/h1-4,9-10,14,33H,5-8,11-12H2,(H2,25,26,28)/t14-/m1/s1. The summed E-state index contributed by atoms with van der Waals surface area (Å²) in [4.78, 5) is 33.1. The number of tetrazole rings is 1. The molecule has 3 heterocycles. The Labute approximate surface area is 208 Å². The molecule has 0 aliphatic carbocycles. The highest BCUT2D eigenvalue weighted by Gasteiger charge is 2.35. The highest BCUT2D eigenvalue weighted by atomic mass is 19.1. The molecule has 3 N–H and O–H groups in total. The number of halogens is 2. The first-order valence-electron chi connectivity index (χ1n) is 11.3. The summed E-state index contributed by atoms with van der Waals surface area (Å²) in [6.45, 7) is 0.215. The van der Waals surface area contributed by atoms with Crippen LogP contribution in [0, 0.1) is 11.6 Å². The average Bonchev–Trinajstić information content (AvgIpc) is 3.34. The molecule has 3 aromatic rings. The van der Waals surface area contributed by atoms with Crippen LogP contribution in [0.1, 0.15) is 10.4 Å². The number of cyclic esters (lactones) is 1. The summed E-state index contributed by atoms with van der Waals surface area (Å²) in [7, 11) is 0. The van der Waals surface area contributed by atoms with Crippen molar-refractivity contribution in [3.63, 3.8) is 0 Å². The van der Waals surface area contributed by atoms with Crippen molar-refractivity contribution in [3.8, 4) is 5.75 Å². The predicted octanol–water partition coefficient (Wildman–Crippen LogP) is 1.16. The molecule has 2 amide bonds. The number of nitrogen functional groups attached to an aromatic ring is 1. The van der Waals surface area contributed by atoms with Gasteiger partial charge >= 0.3 is 6.09 Å². The van der Waals surface area contributed by atoms with Crippen molar-refractivity contribution in [2.75, 3.05) is 48.3 Å². The molecule has 5 rings (SSSR count). The Morgan fingerprint density at radius 3 is 2.62 bits per heavy atom. The smallest absolute Gasteiger partial charge is 0.414 e. The van der Waals surface area contributed by atoms with Gasteiger partial charge in [-0.15, -0.1) is 0 Å². The van der Waals surface area contributed by atoms with Gasteiger partial charge in [-0.3, -0.25) is 14.5 Å². The number of amides is 2. The quantitative estimate of drug-likeness (QED) is 0.505. The first-order chi connectivity index (χ1) is 17.8. The molecule has 0 bridgehead atoms. The highest BCUT2D eigenvalue weighted by molar-refractivity contribution is 5.96. The molecule has 0 radical (unpaired) electrons. The fourth-order valence-corrected chi connectivity index (χ4v) is 4.19. The van der Waals surface area contributed by atoms with E-state index in [0.717, 1.165) is 22.1 Å². The summed E-state index contributed by atoms with van der Waals surface area (Å²) in [5.41, 5.74) is 5.35. The van der Waals surface area contributed by atoms with Crippen LogP contribution in [0.2, 0.25) is 0 Å². The summed E-state index contributed by atoms with van der Waals surface area (Å²) < 4.78 is 36.9. The minimum absolute atomic E-state index is 0.00575. The van der Waals surface area contributed by atoms with Crippen LogP contribution in [0.15, 0.2) is 36.4 Å². The van der Waals surface area contributed by atoms with Crippen molar-refractivity contribution < 1.29 is 33.1 Å². The molecule has 2 aliphatic rings. The molecular weight excluding hydrogens is 494 g/mol. The van der Waals surface area contributed by atoms with Crippen LogP contribution in [0.25, 0.3) is 0 Å². The molecule has 2 saturated heterocycles. The first-order valence-corrected chi connectivity index (χ1v) is 11.3. The highest BCUT2D eigenvalue weighted by Crippen LogP contribution is 2.32. The second kappa shape index (κ2) is 9.85. The van der Waals surface area contributed by atoms with Gasteiger partial charge < -0.3 is 20.5 Å². The van der Waals surface area contributed by atoms with Crippen LogP contribution in [0.3, 0.4) is 0 Å². The maximum Gasteiger partial charge on any atom is 0.414 e. The fraction of sp³-hybridized carbons (Fsp3) is 0.318. The molecule has 1 atom stereocenters. The van der Waals surface area contributed by atoms with E-state index in [-0.39, 0.29) is 68.0 Å². The first kappa shape index (κ1) is 24.2. The van der Waals surface area contributed by atoms with Crippen LogP contribution >= 0.6 is 0 Å². The van der Waals surface area contributed by atoms with E-state index in [1.165, 1.54) is 21.7 Å². The maximum atomic E-state index is 15.2. The molecule has 0 spiro atoms. The number of carbonyl (C=O) groups is 2. The Bertz CT molecular complexity index is 1310. The van der Waals surface area contributed by atoms with Gasteiger partial charge in [-0.25, -0.2) is 23.3 Å². The van der Waals surface area contributed by atoms with E-state index in [2.05, 4.69) is 15.5 Å². The molecular formula is C22H22F2N8O5. The third-order valence-corrected chi connectivity index (χ3v) is 5.98. The lowest BCUT2D eigenvalue weighted by molar-refractivity contribution is -0.111. The second-order valence-corrected chi connectivity index (χ2v) is 8.34. The summed E-state index contributed by atoms with van der Waals surface area (Å²) in [5.74, 6) is -2.51. The lowest BCUT2D eigenvalue weighted by Crippen LogP contribution is -2.35. The number of ether oxygens (including phenoxy) is 1. The third-order valence-electron chi connectivity index (χ3n) is 5.98. The van der Waals surface area contributed by atoms with E-state index in [1.807, 2.05) is 0 Å². The van der Waals surface area contributed by atoms with E-state index < -0.39 is 29.7 Å². The van der Waals surface area contributed by atoms with Gasteiger partial charge in [0, 0.05) is 25.2 Å². The minimum atomic E-state index is -0.892. The molecule has 0 saturated carbocycles. The van der Waals surface area contributed by atoms with Crippen LogP contribution < -0.4 is 15.5 Å². The molecule has 13 nitrogen and oxygen atoms in total. The van der Waals surface area contributed by atoms with E-state index in [4.69, 9.17) is 15.3 Å². The zero-order chi connectivity index (χ0) is 26.1. The number of rotatable bonds is 5.